The molecule has 3 N–H and O–H groups in total. The molecule has 0 spiro atoms. The highest BCUT2D eigenvalue weighted by Gasteiger charge is 2.21. The Kier molecular flexibility index (Phi) is 4.69. The molecular formula is C14H27N3. The number of hydrogen-bond donors (Lipinski definition) is 2. The molecule has 0 aliphatic heterocycles. The molecule has 0 aromatic heterocycles. The average Bonchev–Trinajstić information content (AvgIpc) is 2.82. The third-order valence-corrected chi connectivity index (χ3v) is 4.36. The Bertz CT molecular complexity index is 256. The summed E-state index contributed by atoms with van der Waals surface area (Å²) in [5.41, 5.74) is 6.01. The summed E-state index contributed by atoms with van der Waals surface area (Å²) in [6, 6.07) is 1.06. The molecular weight excluding hydrogens is 210 g/mol. The van der Waals surface area contributed by atoms with Gasteiger partial charge >= 0.3 is 0 Å². The molecule has 2 aliphatic rings. The Morgan fingerprint density at radius 2 is 1.94 bits per heavy atom. The monoisotopic (exact) mass is 237 g/mol. The Hall–Kier alpha value is -0.730. The predicted molar refractivity (Wildman–Crippen MR) is 73.1 cm³/mol. The quantitative estimate of drug-likeness (QED) is 0.586. The van der Waals surface area contributed by atoms with Crippen molar-refractivity contribution in [1.29, 1.82) is 0 Å². The summed E-state index contributed by atoms with van der Waals surface area (Å²) in [5, 5.41) is 3.44. The minimum Gasteiger partial charge on any atom is -0.370 e. The fourth-order valence-corrected chi connectivity index (χ4v) is 3.27. The van der Waals surface area contributed by atoms with E-state index in [4.69, 9.17) is 5.73 Å². The number of rotatable bonds is 3. The van der Waals surface area contributed by atoms with Crippen molar-refractivity contribution in [3.63, 3.8) is 0 Å². The summed E-state index contributed by atoms with van der Waals surface area (Å²) in [4.78, 5) is 4.60. The van der Waals surface area contributed by atoms with Gasteiger partial charge in [-0.15, -0.1) is 0 Å². The third kappa shape index (κ3) is 3.90. The van der Waals surface area contributed by atoms with E-state index >= 15 is 0 Å². The summed E-state index contributed by atoms with van der Waals surface area (Å²) in [6.45, 7) is 2.29. The smallest absolute Gasteiger partial charge is 0.189 e. The van der Waals surface area contributed by atoms with Gasteiger partial charge in [0.1, 0.15) is 0 Å². The van der Waals surface area contributed by atoms with Crippen molar-refractivity contribution in [2.45, 2.75) is 76.8 Å². The standard InChI is InChI=1S/C14H27N3/c1-2-11-6-5-9-13(10-11)17-14(15)16-12-7-3-4-8-12/h11-13H,2-10H2,1H3,(H3,15,16,17). The van der Waals surface area contributed by atoms with Gasteiger partial charge in [-0.1, -0.05) is 39.0 Å². The van der Waals surface area contributed by atoms with Crippen LogP contribution in [0.5, 0.6) is 0 Å². The first-order chi connectivity index (χ1) is 8.28. The predicted octanol–water partition coefficient (Wildman–Crippen LogP) is 2.80. The van der Waals surface area contributed by atoms with Crippen LogP contribution in [0.3, 0.4) is 0 Å². The van der Waals surface area contributed by atoms with Gasteiger partial charge < -0.3 is 11.1 Å². The third-order valence-electron chi connectivity index (χ3n) is 4.36. The van der Waals surface area contributed by atoms with Gasteiger partial charge in [-0.25, -0.2) is 0 Å². The summed E-state index contributed by atoms with van der Waals surface area (Å²) in [6.07, 6.45) is 11.7. The van der Waals surface area contributed by atoms with Crippen molar-refractivity contribution in [3.8, 4) is 0 Å². The number of nitrogens with zero attached hydrogens (tertiary/aromatic N) is 1. The molecule has 98 valence electrons. The lowest BCUT2D eigenvalue weighted by Gasteiger charge is -2.29. The number of hydrogen-bond acceptors (Lipinski definition) is 1. The Balaban J connectivity index is 1.78. The second-order valence-corrected chi connectivity index (χ2v) is 5.73. The molecule has 2 saturated carbocycles. The van der Waals surface area contributed by atoms with Crippen molar-refractivity contribution < 1.29 is 0 Å². The van der Waals surface area contributed by atoms with E-state index in [0.717, 1.165) is 5.92 Å². The van der Waals surface area contributed by atoms with Gasteiger partial charge in [0.15, 0.2) is 5.96 Å². The van der Waals surface area contributed by atoms with E-state index in [-0.39, 0.29) is 0 Å². The Labute approximate surface area is 105 Å². The number of nitrogens with one attached hydrogen (secondary N) is 1. The zero-order valence-corrected chi connectivity index (χ0v) is 11.1. The van der Waals surface area contributed by atoms with Crippen LogP contribution >= 0.6 is 0 Å². The molecule has 2 atom stereocenters. The maximum Gasteiger partial charge on any atom is 0.189 e. The van der Waals surface area contributed by atoms with E-state index in [0.29, 0.717) is 18.0 Å². The fraction of sp³-hybridized carbons (Fsp3) is 0.929. The zero-order valence-electron chi connectivity index (χ0n) is 11.1. The zero-order chi connectivity index (χ0) is 12.1. The molecule has 2 rings (SSSR count). The molecule has 0 saturated heterocycles. The van der Waals surface area contributed by atoms with E-state index in [9.17, 15) is 0 Å². The second kappa shape index (κ2) is 6.27. The molecule has 0 amide bonds. The number of nitrogens with two attached hydrogens (primary N) is 1. The largest absolute Gasteiger partial charge is 0.370 e. The van der Waals surface area contributed by atoms with Crippen molar-refractivity contribution in [2.24, 2.45) is 16.6 Å². The molecule has 17 heavy (non-hydrogen) atoms. The highest BCUT2D eigenvalue weighted by Crippen LogP contribution is 2.26. The van der Waals surface area contributed by atoms with E-state index in [1.54, 1.807) is 0 Å². The van der Waals surface area contributed by atoms with E-state index < -0.39 is 0 Å². The van der Waals surface area contributed by atoms with Crippen molar-refractivity contribution in [1.82, 2.24) is 5.32 Å². The molecule has 3 heteroatoms. The molecule has 2 fully saturated rings. The van der Waals surface area contributed by atoms with Crippen LogP contribution in [0.1, 0.15) is 64.7 Å². The minimum atomic E-state index is 0.494. The van der Waals surface area contributed by atoms with Gasteiger partial charge in [0, 0.05) is 6.04 Å². The highest BCUT2D eigenvalue weighted by molar-refractivity contribution is 5.78. The topological polar surface area (TPSA) is 50.4 Å². The number of aliphatic imine (C=N–C) groups is 1. The summed E-state index contributed by atoms with van der Waals surface area (Å²) >= 11 is 0. The first-order valence-electron chi connectivity index (χ1n) is 7.37. The maximum atomic E-state index is 6.01. The summed E-state index contributed by atoms with van der Waals surface area (Å²) < 4.78 is 0. The van der Waals surface area contributed by atoms with Gasteiger partial charge in [0.2, 0.25) is 0 Å². The van der Waals surface area contributed by atoms with Crippen LogP contribution in [0.2, 0.25) is 0 Å². The first kappa shape index (κ1) is 12.7. The molecule has 0 radical (unpaired) electrons. The Morgan fingerprint density at radius 3 is 2.65 bits per heavy atom. The average molecular weight is 237 g/mol. The molecule has 2 unspecified atom stereocenters. The van der Waals surface area contributed by atoms with Gasteiger partial charge in [0.05, 0.1) is 6.04 Å². The van der Waals surface area contributed by atoms with E-state index in [2.05, 4.69) is 17.2 Å². The normalized spacial score (nSPS) is 31.7. The second-order valence-electron chi connectivity index (χ2n) is 5.73. The lowest BCUT2D eigenvalue weighted by Crippen LogP contribution is -2.43. The summed E-state index contributed by atoms with van der Waals surface area (Å²) in [7, 11) is 0. The SMILES string of the molecule is CCC1CCCC(NC(N)=NC2CCCC2)C1. The summed E-state index contributed by atoms with van der Waals surface area (Å²) in [5.74, 6) is 1.58. The fourth-order valence-electron chi connectivity index (χ4n) is 3.27. The van der Waals surface area contributed by atoms with Crippen LogP contribution in [0.4, 0.5) is 0 Å². The van der Waals surface area contributed by atoms with Crippen LogP contribution < -0.4 is 11.1 Å². The van der Waals surface area contributed by atoms with Crippen molar-refractivity contribution in [2.75, 3.05) is 0 Å². The molecule has 0 bridgehead atoms. The lowest BCUT2D eigenvalue weighted by atomic mass is 9.84. The Morgan fingerprint density at radius 1 is 1.18 bits per heavy atom. The van der Waals surface area contributed by atoms with Crippen LogP contribution in [-0.4, -0.2) is 18.0 Å². The van der Waals surface area contributed by atoms with Crippen molar-refractivity contribution in [3.05, 3.63) is 0 Å². The lowest BCUT2D eigenvalue weighted by molar-refractivity contribution is 0.299. The minimum absolute atomic E-state index is 0.494. The van der Waals surface area contributed by atoms with Gasteiger partial charge in [-0.3, -0.25) is 4.99 Å². The van der Waals surface area contributed by atoms with Gasteiger partial charge in [-0.05, 0) is 31.6 Å². The maximum absolute atomic E-state index is 6.01. The van der Waals surface area contributed by atoms with Crippen molar-refractivity contribution >= 4 is 5.96 Å². The molecule has 3 nitrogen and oxygen atoms in total. The van der Waals surface area contributed by atoms with Gasteiger partial charge in [-0.2, -0.15) is 0 Å². The van der Waals surface area contributed by atoms with E-state index in [1.165, 1.54) is 57.8 Å². The molecule has 0 aromatic carbocycles. The molecule has 0 heterocycles. The van der Waals surface area contributed by atoms with Crippen LogP contribution in [-0.2, 0) is 0 Å². The molecule has 2 aliphatic carbocycles. The van der Waals surface area contributed by atoms with Crippen LogP contribution in [0.15, 0.2) is 4.99 Å². The molecule has 0 aromatic rings. The van der Waals surface area contributed by atoms with E-state index in [1.807, 2.05) is 0 Å². The van der Waals surface area contributed by atoms with Crippen LogP contribution in [0.25, 0.3) is 0 Å². The highest BCUT2D eigenvalue weighted by atomic mass is 15.1. The van der Waals surface area contributed by atoms with Gasteiger partial charge in [0.25, 0.3) is 0 Å². The van der Waals surface area contributed by atoms with Crippen LogP contribution in [0, 0.1) is 5.92 Å². The first-order valence-corrected chi connectivity index (χ1v) is 7.37. The number of guanidine groups is 1.